The molecule has 0 unspecified atom stereocenters. The molecule has 2 aromatic carbocycles. The predicted molar refractivity (Wildman–Crippen MR) is 135 cm³/mol. The number of thioether (sulfide) groups is 1. The summed E-state index contributed by atoms with van der Waals surface area (Å²) in [6.45, 7) is 2.97. The zero-order chi connectivity index (χ0) is 24.1. The molecular formula is C26H27BrFNO4S. The fraction of sp³-hybridized carbons (Fsp3) is 0.385. The Bertz CT molecular complexity index is 1100. The zero-order valence-corrected chi connectivity index (χ0v) is 21.4. The van der Waals surface area contributed by atoms with Crippen LogP contribution in [-0.4, -0.2) is 29.2 Å². The van der Waals surface area contributed by atoms with Crippen LogP contribution >= 0.6 is 27.7 Å². The van der Waals surface area contributed by atoms with Gasteiger partial charge in [0.2, 0.25) is 0 Å². The smallest absolute Gasteiger partial charge is 0.293 e. The highest BCUT2D eigenvalue weighted by molar-refractivity contribution is 9.10. The average Bonchev–Trinajstić information content (AvgIpc) is 3.07. The summed E-state index contributed by atoms with van der Waals surface area (Å²) < 4.78 is 25.8. The van der Waals surface area contributed by atoms with Gasteiger partial charge >= 0.3 is 0 Å². The van der Waals surface area contributed by atoms with Crippen molar-refractivity contribution >= 4 is 44.9 Å². The van der Waals surface area contributed by atoms with Gasteiger partial charge in [0.25, 0.3) is 11.1 Å². The minimum atomic E-state index is -0.321. The van der Waals surface area contributed by atoms with E-state index in [0.717, 1.165) is 30.2 Å². The van der Waals surface area contributed by atoms with Gasteiger partial charge in [-0.2, -0.15) is 0 Å². The lowest BCUT2D eigenvalue weighted by Crippen LogP contribution is -2.34. The normalized spacial score (nSPS) is 18.1. The number of carbonyl (C=O) groups is 2. The van der Waals surface area contributed by atoms with Gasteiger partial charge in [-0.15, -0.1) is 0 Å². The van der Waals surface area contributed by atoms with Crippen LogP contribution in [0.4, 0.5) is 9.18 Å². The topological polar surface area (TPSA) is 55.8 Å². The van der Waals surface area contributed by atoms with Gasteiger partial charge < -0.3 is 9.47 Å². The summed E-state index contributed by atoms with van der Waals surface area (Å²) in [4.78, 5) is 27.3. The van der Waals surface area contributed by atoms with Crippen LogP contribution in [0.5, 0.6) is 11.5 Å². The first-order valence-electron chi connectivity index (χ1n) is 11.5. The van der Waals surface area contributed by atoms with E-state index in [-0.39, 0.29) is 23.6 Å². The molecule has 2 aromatic rings. The number of imide groups is 1. The molecule has 8 heteroatoms. The molecule has 1 saturated carbocycles. The van der Waals surface area contributed by atoms with E-state index in [1.807, 2.05) is 13.0 Å². The number of nitrogens with zero attached hydrogens (tertiary/aromatic N) is 1. The Labute approximate surface area is 211 Å². The van der Waals surface area contributed by atoms with Gasteiger partial charge in [0.15, 0.2) is 11.5 Å². The predicted octanol–water partition coefficient (Wildman–Crippen LogP) is 7.18. The van der Waals surface area contributed by atoms with Crippen molar-refractivity contribution in [3.8, 4) is 11.5 Å². The van der Waals surface area contributed by atoms with Crippen molar-refractivity contribution in [2.24, 2.45) is 5.92 Å². The van der Waals surface area contributed by atoms with E-state index in [0.29, 0.717) is 45.5 Å². The molecule has 4 rings (SSSR count). The molecule has 180 valence electrons. The largest absolute Gasteiger partial charge is 0.490 e. The number of carbonyl (C=O) groups excluding carboxylic acids is 2. The number of hydrogen-bond donors (Lipinski definition) is 0. The van der Waals surface area contributed by atoms with E-state index in [9.17, 15) is 14.0 Å². The highest BCUT2D eigenvalue weighted by atomic mass is 79.9. The quantitative estimate of drug-likeness (QED) is 0.327. The summed E-state index contributed by atoms with van der Waals surface area (Å²) >= 11 is 4.51. The first-order chi connectivity index (χ1) is 16.4. The number of amides is 2. The fourth-order valence-corrected chi connectivity index (χ4v) is 5.72. The Morgan fingerprint density at radius 2 is 1.94 bits per heavy atom. The number of rotatable bonds is 8. The van der Waals surface area contributed by atoms with Gasteiger partial charge in [-0.1, -0.05) is 31.4 Å². The van der Waals surface area contributed by atoms with Crippen LogP contribution in [0, 0.1) is 11.7 Å². The average molecular weight is 548 g/mol. The molecule has 1 aliphatic heterocycles. The minimum Gasteiger partial charge on any atom is -0.490 e. The first-order valence-corrected chi connectivity index (χ1v) is 13.1. The fourth-order valence-electron chi connectivity index (χ4n) is 4.29. The number of benzene rings is 2. The lowest BCUT2D eigenvalue weighted by atomic mass is 9.89. The van der Waals surface area contributed by atoms with E-state index in [1.165, 1.54) is 36.3 Å². The zero-order valence-electron chi connectivity index (χ0n) is 19.0. The molecule has 0 aromatic heterocycles. The lowest BCUT2D eigenvalue weighted by Gasteiger charge is -2.25. The van der Waals surface area contributed by atoms with Crippen LogP contribution in [0.3, 0.4) is 0 Å². The van der Waals surface area contributed by atoms with Gasteiger partial charge in [0.1, 0.15) is 12.4 Å². The third-order valence-electron chi connectivity index (χ3n) is 5.94. The van der Waals surface area contributed by atoms with E-state index >= 15 is 0 Å². The van der Waals surface area contributed by atoms with Crippen molar-refractivity contribution in [2.75, 3.05) is 13.2 Å². The molecule has 0 bridgehead atoms. The molecule has 2 amide bonds. The molecule has 0 N–H and O–H groups in total. The number of hydrogen-bond acceptors (Lipinski definition) is 5. The van der Waals surface area contributed by atoms with Crippen molar-refractivity contribution in [3.63, 3.8) is 0 Å². The van der Waals surface area contributed by atoms with Crippen LogP contribution in [0.25, 0.3) is 6.08 Å². The Kier molecular flexibility index (Phi) is 8.32. The maximum atomic E-state index is 13.5. The van der Waals surface area contributed by atoms with Crippen LogP contribution in [-0.2, 0) is 11.4 Å². The molecule has 2 aliphatic rings. The highest BCUT2D eigenvalue weighted by Gasteiger charge is 2.36. The van der Waals surface area contributed by atoms with E-state index in [4.69, 9.17) is 9.47 Å². The van der Waals surface area contributed by atoms with Crippen molar-refractivity contribution in [3.05, 3.63) is 62.7 Å². The second kappa shape index (κ2) is 11.4. The van der Waals surface area contributed by atoms with Gasteiger partial charge in [-0.3, -0.25) is 14.5 Å². The van der Waals surface area contributed by atoms with Crippen molar-refractivity contribution < 1.29 is 23.5 Å². The van der Waals surface area contributed by atoms with Gasteiger partial charge in [0.05, 0.1) is 16.0 Å². The Morgan fingerprint density at radius 3 is 2.68 bits per heavy atom. The summed E-state index contributed by atoms with van der Waals surface area (Å²) in [5.74, 6) is 0.837. The molecule has 1 heterocycles. The molecule has 1 aliphatic carbocycles. The molecule has 5 nitrogen and oxygen atoms in total. The summed E-state index contributed by atoms with van der Waals surface area (Å²) in [6.07, 6.45) is 7.43. The standard InChI is InChI=1S/C26H27BrFNO4S/c1-2-32-22-13-19(12-21(27)24(22)33-16-18-9-6-10-20(28)11-18)14-23-25(30)29(26(31)34-23)15-17-7-4-3-5-8-17/h6,9-14,17H,2-5,7-8,15-16H2,1H3/b23-14+. The highest BCUT2D eigenvalue weighted by Crippen LogP contribution is 2.40. The molecule has 34 heavy (non-hydrogen) atoms. The second-order valence-corrected chi connectivity index (χ2v) is 10.3. The first kappa shape index (κ1) is 24.8. The lowest BCUT2D eigenvalue weighted by molar-refractivity contribution is -0.123. The monoisotopic (exact) mass is 547 g/mol. The summed E-state index contributed by atoms with van der Waals surface area (Å²) in [5, 5.41) is -0.207. The van der Waals surface area contributed by atoms with E-state index in [1.54, 1.807) is 24.3 Å². The summed E-state index contributed by atoms with van der Waals surface area (Å²) in [6, 6.07) is 9.83. The molecular weight excluding hydrogens is 521 g/mol. The molecule has 0 radical (unpaired) electrons. The van der Waals surface area contributed by atoms with Gasteiger partial charge in [-0.25, -0.2) is 4.39 Å². The third-order valence-corrected chi connectivity index (χ3v) is 7.44. The van der Waals surface area contributed by atoms with Gasteiger partial charge in [-0.05, 0) is 94.8 Å². The maximum Gasteiger partial charge on any atom is 0.293 e. The SMILES string of the molecule is CCOc1cc(/C=C2/SC(=O)N(CC3CCCCC3)C2=O)cc(Br)c1OCc1cccc(F)c1. The van der Waals surface area contributed by atoms with E-state index < -0.39 is 0 Å². The van der Waals surface area contributed by atoms with E-state index in [2.05, 4.69) is 15.9 Å². The Hall–Kier alpha value is -2.32. The van der Waals surface area contributed by atoms with Crippen LogP contribution in [0.1, 0.15) is 50.2 Å². The van der Waals surface area contributed by atoms with Crippen LogP contribution in [0.15, 0.2) is 45.8 Å². The van der Waals surface area contributed by atoms with Crippen molar-refractivity contribution in [2.45, 2.75) is 45.6 Å². The summed E-state index contributed by atoms with van der Waals surface area (Å²) in [5.41, 5.74) is 1.42. The minimum absolute atomic E-state index is 0.176. The molecule has 0 atom stereocenters. The number of ether oxygens (including phenoxy) is 2. The number of halogens is 2. The van der Waals surface area contributed by atoms with Crippen molar-refractivity contribution in [1.82, 2.24) is 4.90 Å². The second-order valence-electron chi connectivity index (χ2n) is 8.48. The Morgan fingerprint density at radius 1 is 1.15 bits per heavy atom. The molecule has 0 spiro atoms. The maximum absolute atomic E-state index is 13.5. The third kappa shape index (κ3) is 6.02. The van der Waals surface area contributed by atoms with Crippen LogP contribution in [0.2, 0.25) is 0 Å². The molecule has 2 fully saturated rings. The Balaban J connectivity index is 1.52. The van der Waals surface area contributed by atoms with Gasteiger partial charge in [0, 0.05) is 6.54 Å². The summed E-state index contributed by atoms with van der Waals surface area (Å²) in [7, 11) is 0. The van der Waals surface area contributed by atoms with Crippen LogP contribution < -0.4 is 9.47 Å². The molecule has 1 saturated heterocycles. The van der Waals surface area contributed by atoms with Crippen molar-refractivity contribution in [1.29, 1.82) is 0 Å².